The molecule has 10 rings (SSSR count). The van der Waals surface area contributed by atoms with Crippen LogP contribution in [0.4, 0.5) is 0 Å². The van der Waals surface area contributed by atoms with Crippen molar-refractivity contribution in [3.63, 3.8) is 0 Å². The summed E-state index contributed by atoms with van der Waals surface area (Å²) in [5.41, 5.74) is 11.7. The van der Waals surface area contributed by atoms with Crippen LogP contribution in [0.3, 0.4) is 0 Å². The number of fused-ring (bicyclic) bond motifs is 12. The third-order valence-corrected chi connectivity index (χ3v) is 11.9. The summed E-state index contributed by atoms with van der Waals surface area (Å²) < 4.78 is 6.85. The predicted molar refractivity (Wildman–Crippen MR) is 226 cm³/mol. The smallest absolute Gasteiger partial charge is 0.295 e. The number of para-hydroxylation sites is 1. The molecule has 0 saturated heterocycles. The highest BCUT2D eigenvalue weighted by atomic mass is 16.1. The van der Waals surface area contributed by atoms with Gasteiger partial charge in [0, 0.05) is 32.3 Å². The van der Waals surface area contributed by atoms with E-state index < -0.39 is 0 Å². The Labute approximate surface area is 312 Å². The minimum absolute atomic E-state index is 0.0587. The number of rotatable bonds is 1. The minimum Gasteiger partial charge on any atom is -0.307 e. The van der Waals surface area contributed by atoms with Crippen LogP contribution in [-0.2, 0) is 17.9 Å². The Hall–Kier alpha value is -6.07. The maximum atomic E-state index is 14.7. The fourth-order valence-corrected chi connectivity index (χ4v) is 8.95. The summed E-state index contributed by atoms with van der Waals surface area (Å²) >= 11 is 0. The van der Waals surface area contributed by atoms with E-state index in [4.69, 9.17) is 0 Å². The van der Waals surface area contributed by atoms with E-state index in [9.17, 15) is 9.59 Å². The van der Waals surface area contributed by atoms with Gasteiger partial charge in [-0.05, 0) is 106 Å². The minimum atomic E-state index is -0.124. The second kappa shape index (κ2) is 10.8. The first-order valence-corrected chi connectivity index (χ1v) is 18.8. The molecule has 0 radical (unpaired) electrons. The molecule has 0 aliphatic heterocycles. The van der Waals surface area contributed by atoms with Gasteiger partial charge < -0.3 is 4.40 Å². The number of aryl methyl sites for hydroxylation is 2. The predicted octanol–water partition coefficient (Wildman–Crippen LogP) is 10.7. The molecule has 10 aromatic rings. The third kappa shape index (κ3) is 4.35. The lowest BCUT2D eigenvalue weighted by Crippen LogP contribution is -2.27. The molecule has 0 aliphatic carbocycles. The lowest BCUT2D eigenvalue weighted by molar-refractivity contribution is -0.617. The van der Waals surface area contributed by atoms with Gasteiger partial charge in [0.1, 0.15) is 5.52 Å². The Morgan fingerprint density at radius 1 is 0.500 bits per heavy atom. The number of nitrogens with zero attached hydrogens (tertiary/aromatic N) is 3. The van der Waals surface area contributed by atoms with Gasteiger partial charge in [-0.2, -0.15) is 4.40 Å². The molecule has 0 saturated carbocycles. The van der Waals surface area contributed by atoms with Crippen LogP contribution in [0.15, 0.2) is 119 Å². The van der Waals surface area contributed by atoms with Crippen LogP contribution in [0.5, 0.6) is 0 Å². The van der Waals surface area contributed by atoms with Crippen LogP contribution in [-0.4, -0.2) is 8.80 Å². The zero-order valence-electron chi connectivity index (χ0n) is 32.1. The van der Waals surface area contributed by atoms with Gasteiger partial charge >= 0.3 is 0 Å². The zero-order chi connectivity index (χ0) is 37.6. The standard InChI is InChI=1S/C49H42N3O2/c1-27-12-11-14-33-32-13-9-10-15-38(32)52-42-24-28(16-21-39(42)50(8)47(52)43(27)33)29-22-36-44-37(23-29)46(54)35-20-18-31(49(5,6)7)26-41(35)51(44)40-25-30(48(2,3)4)17-19-34(40)45(36)53/h9-26H,1-8H3/q+1. The largest absolute Gasteiger partial charge is 0.307 e. The van der Waals surface area contributed by atoms with E-state index in [2.05, 4.69) is 154 Å². The fourth-order valence-electron chi connectivity index (χ4n) is 8.95. The Morgan fingerprint density at radius 2 is 1.09 bits per heavy atom. The summed E-state index contributed by atoms with van der Waals surface area (Å²) in [6.45, 7) is 15.3. The molecule has 0 bridgehead atoms. The lowest BCUT2D eigenvalue weighted by Gasteiger charge is -2.23. The second-order valence-electron chi connectivity index (χ2n) is 17.3. The zero-order valence-corrected chi connectivity index (χ0v) is 32.1. The van der Waals surface area contributed by atoms with Gasteiger partial charge in [0.15, 0.2) is 21.9 Å². The summed E-state index contributed by atoms with van der Waals surface area (Å²) in [6.07, 6.45) is 0. The molecule has 4 aromatic heterocycles. The number of aromatic nitrogens is 3. The summed E-state index contributed by atoms with van der Waals surface area (Å²) in [5.74, 6) is 0. The molecule has 54 heavy (non-hydrogen) atoms. The molecule has 0 spiro atoms. The monoisotopic (exact) mass is 704 g/mol. The Morgan fingerprint density at radius 3 is 1.70 bits per heavy atom. The van der Waals surface area contributed by atoms with Crippen LogP contribution >= 0.6 is 0 Å². The summed E-state index contributed by atoms with van der Waals surface area (Å²) in [6, 6.07) is 38.1. The highest BCUT2D eigenvalue weighted by Gasteiger charge is 2.26. The number of benzene rings is 6. The van der Waals surface area contributed by atoms with Crippen molar-refractivity contribution in [1.29, 1.82) is 0 Å². The van der Waals surface area contributed by atoms with Crippen molar-refractivity contribution >= 4 is 76.5 Å². The molecule has 0 unspecified atom stereocenters. The quantitative estimate of drug-likeness (QED) is 0.0970. The normalized spacial score (nSPS) is 13.0. The molecule has 5 nitrogen and oxygen atoms in total. The van der Waals surface area contributed by atoms with Gasteiger partial charge in [-0.25, -0.2) is 4.57 Å². The topological polar surface area (TPSA) is 46.8 Å². The first kappa shape index (κ1) is 32.6. The summed E-state index contributed by atoms with van der Waals surface area (Å²) in [7, 11) is 2.14. The van der Waals surface area contributed by atoms with Gasteiger partial charge in [0.05, 0.1) is 29.0 Å². The van der Waals surface area contributed by atoms with Gasteiger partial charge in [-0.15, -0.1) is 0 Å². The molecular formula is C49H42N3O2+. The highest BCUT2D eigenvalue weighted by Crippen LogP contribution is 2.37. The van der Waals surface area contributed by atoms with Crippen molar-refractivity contribution in [3.8, 4) is 11.1 Å². The lowest BCUT2D eigenvalue weighted by atomic mass is 9.85. The molecule has 6 aromatic carbocycles. The number of pyridine rings is 3. The third-order valence-electron chi connectivity index (χ3n) is 11.9. The first-order valence-electron chi connectivity index (χ1n) is 18.8. The van der Waals surface area contributed by atoms with Crippen LogP contribution in [0, 0.1) is 6.92 Å². The molecular weight excluding hydrogens is 663 g/mol. The Kier molecular flexibility index (Phi) is 6.49. The maximum absolute atomic E-state index is 14.7. The van der Waals surface area contributed by atoms with Crippen molar-refractivity contribution in [2.75, 3.05) is 0 Å². The van der Waals surface area contributed by atoms with Crippen molar-refractivity contribution in [2.45, 2.75) is 59.3 Å². The molecule has 0 amide bonds. The summed E-state index contributed by atoms with van der Waals surface area (Å²) in [4.78, 5) is 29.4. The van der Waals surface area contributed by atoms with E-state index in [1.807, 2.05) is 24.3 Å². The van der Waals surface area contributed by atoms with Crippen molar-refractivity contribution in [3.05, 3.63) is 146 Å². The fraction of sp³-hybridized carbons (Fsp3) is 0.204. The molecule has 0 atom stereocenters. The average molecular weight is 705 g/mol. The van der Waals surface area contributed by atoms with Gasteiger partial charge in [0.2, 0.25) is 0 Å². The Balaban J connectivity index is 1.35. The molecule has 0 aliphatic rings. The van der Waals surface area contributed by atoms with Gasteiger partial charge in [-0.1, -0.05) is 90.1 Å². The number of hydrogen-bond donors (Lipinski definition) is 0. The SMILES string of the molecule is Cc1cccc2c3ccccc3n3c4cc(-c5cc6c(=O)c7ccc(C(C)(C)C)cc7n7c8cc(C(C)(C)C)ccc8c(=O)c(c5)c67)ccc4[n+](C)c3c12. The van der Waals surface area contributed by atoms with Crippen LogP contribution < -0.4 is 15.4 Å². The molecule has 4 heterocycles. The van der Waals surface area contributed by atoms with Crippen molar-refractivity contribution in [2.24, 2.45) is 7.05 Å². The van der Waals surface area contributed by atoms with E-state index in [1.54, 1.807) is 0 Å². The van der Waals surface area contributed by atoms with Crippen LogP contribution in [0.25, 0.3) is 87.6 Å². The van der Waals surface area contributed by atoms with Crippen LogP contribution in [0.2, 0.25) is 0 Å². The molecule has 0 fully saturated rings. The van der Waals surface area contributed by atoms with Gasteiger partial charge in [0.25, 0.3) is 5.65 Å². The summed E-state index contributed by atoms with van der Waals surface area (Å²) in [5, 5.41) is 6.06. The molecule has 0 N–H and O–H groups in total. The van der Waals surface area contributed by atoms with Crippen LogP contribution in [0.1, 0.15) is 58.2 Å². The van der Waals surface area contributed by atoms with E-state index in [-0.39, 0.29) is 21.7 Å². The maximum Gasteiger partial charge on any atom is 0.295 e. The first-order chi connectivity index (χ1) is 25.7. The van der Waals surface area contributed by atoms with E-state index in [0.717, 1.165) is 55.5 Å². The Bertz CT molecular complexity index is 3290. The van der Waals surface area contributed by atoms with Crippen molar-refractivity contribution < 1.29 is 4.57 Å². The van der Waals surface area contributed by atoms with Gasteiger partial charge in [-0.3, -0.25) is 9.59 Å². The average Bonchev–Trinajstić information content (AvgIpc) is 3.44. The second-order valence-corrected chi connectivity index (χ2v) is 17.3. The molecule has 5 heteroatoms. The molecule has 264 valence electrons. The number of hydrogen-bond acceptors (Lipinski definition) is 2. The highest BCUT2D eigenvalue weighted by molar-refractivity contribution is 6.14. The number of imidazole rings is 1. The van der Waals surface area contributed by atoms with E-state index in [1.165, 1.54) is 21.7 Å². The van der Waals surface area contributed by atoms with Crippen molar-refractivity contribution in [1.82, 2.24) is 8.80 Å². The van der Waals surface area contributed by atoms with E-state index in [0.29, 0.717) is 27.1 Å². The van der Waals surface area contributed by atoms with E-state index >= 15 is 0 Å².